The number of halogens is 1. The van der Waals surface area contributed by atoms with Crippen LogP contribution in [0.25, 0.3) is 0 Å². The Bertz CT molecular complexity index is 459. The molecule has 1 aliphatic heterocycles. The number of rotatable bonds is 2. The number of hydroxylamine groups is 2. The van der Waals surface area contributed by atoms with Gasteiger partial charge in [-0.3, -0.25) is 4.79 Å². The van der Waals surface area contributed by atoms with Gasteiger partial charge in [0.15, 0.2) is 5.69 Å². The highest BCUT2D eigenvalue weighted by atomic mass is 35.5. The van der Waals surface area contributed by atoms with Crippen molar-refractivity contribution in [2.75, 3.05) is 31.6 Å². The Morgan fingerprint density at radius 3 is 2.72 bits per heavy atom. The molecule has 1 heterocycles. The molecule has 0 saturated carbocycles. The summed E-state index contributed by atoms with van der Waals surface area (Å²) in [5.41, 5.74) is 1.00. The molecule has 1 N–H and O–H groups in total. The second-order valence-corrected chi connectivity index (χ2v) is 4.73. The number of morpholine rings is 1. The lowest BCUT2D eigenvalue weighted by molar-refractivity contribution is -0.114. The van der Waals surface area contributed by atoms with Crippen molar-refractivity contribution in [1.29, 1.82) is 0 Å². The van der Waals surface area contributed by atoms with Crippen LogP contribution in [0.3, 0.4) is 0 Å². The lowest BCUT2D eigenvalue weighted by Crippen LogP contribution is -2.51. The van der Waals surface area contributed by atoms with Gasteiger partial charge in [0.2, 0.25) is 5.91 Å². The van der Waals surface area contributed by atoms with Crippen LogP contribution in [-0.2, 0) is 9.53 Å². The van der Waals surface area contributed by atoms with Crippen LogP contribution in [0.15, 0.2) is 18.2 Å². The smallest absolute Gasteiger partial charge is 0.221 e. The van der Waals surface area contributed by atoms with Crippen molar-refractivity contribution in [1.82, 2.24) is 4.65 Å². The average molecular weight is 271 g/mol. The van der Waals surface area contributed by atoms with E-state index in [0.29, 0.717) is 42.7 Å². The van der Waals surface area contributed by atoms with E-state index in [4.69, 9.17) is 16.3 Å². The first-order valence-corrected chi connectivity index (χ1v) is 6.13. The predicted molar refractivity (Wildman–Crippen MR) is 71.5 cm³/mol. The third kappa shape index (κ3) is 2.81. The predicted octanol–water partition coefficient (Wildman–Crippen LogP) is 2.13. The van der Waals surface area contributed by atoms with E-state index >= 15 is 0 Å². The van der Waals surface area contributed by atoms with Crippen molar-refractivity contribution in [3.8, 4) is 0 Å². The van der Waals surface area contributed by atoms with Crippen molar-refractivity contribution in [3.63, 3.8) is 0 Å². The van der Waals surface area contributed by atoms with Gasteiger partial charge in [-0.05, 0) is 12.1 Å². The summed E-state index contributed by atoms with van der Waals surface area (Å²) >= 11 is 5.90. The summed E-state index contributed by atoms with van der Waals surface area (Å²) in [6.07, 6.45) is 0. The van der Waals surface area contributed by atoms with E-state index < -0.39 is 4.65 Å². The summed E-state index contributed by atoms with van der Waals surface area (Å²) in [6.45, 7) is 2.93. The highest BCUT2D eigenvalue weighted by Gasteiger charge is 2.27. The molecule has 2 rings (SSSR count). The molecule has 1 aliphatic rings. The molecule has 0 unspecified atom stereocenters. The van der Waals surface area contributed by atoms with Crippen LogP contribution in [-0.4, -0.2) is 32.2 Å². The molecular formula is C12H15ClN2O3. The number of hydrogen-bond acceptors (Lipinski definition) is 3. The average Bonchev–Trinajstić information content (AvgIpc) is 2.28. The van der Waals surface area contributed by atoms with E-state index in [1.54, 1.807) is 18.2 Å². The lowest BCUT2D eigenvalue weighted by atomic mass is 10.2. The van der Waals surface area contributed by atoms with Gasteiger partial charge < -0.3 is 19.9 Å². The number of amides is 1. The lowest BCUT2D eigenvalue weighted by Gasteiger charge is -2.45. The fraction of sp³-hybridized carbons (Fsp3) is 0.417. The maximum absolute atomic E-state index is 12.7. The Morgan fingerprint density at radius 2 is 2.11 bits per heavy atom. The molecule has 1 aromatic rings. The van der Waals surface area contributed by atoms with Crippen LogP contribution in [0.4, 0.5) is 11.4 Å². The van der Waals surface area contributed by atoms with Gasteiger partial charge in [-0.15, -0.1) is 0 Å². The Balaban J connectivity index is 2.38. The first-order chi connectivity index (χ1) is 8.51. The van der Waals surface area contributed by atoms with E-state index in [1.165, 1.54) is 6.92 Å². The SMILES string of the molecule is CC(=O)Nc1cc(Cl)ccc1[N+]1([O-])CCOCC1. The summed E-state index contributed by atoms with van der Waals surface area (Å²) in [5, 5.41) is 15.8. The number of quaternary nitrogens is 1. The fourth-order valence-corrected chi connectivity index (χ4v) is 2.20. The maximum Gasteiger partial charge on any atom is 0.221 e. The molecule has 18 heavy (non-hydrogen) atoms. The number of nitrogens with one attached hydrogen (secondary N) is 1. The van der Waals surface area contributed by atoms with Gasteiger partial charge in [-0.1, -0.05) is 11.6 Å². The highest BCUT2D eigenvalue weighted by molar-refractivity contribution is 6.31. The van der Waals surface area contributed by atoms with Crippen LogP contribution < -0.4 is 9.96 Å². The number of hydrogen-bond donors (Lipinski definition) is 1. The zero-order chi connectivity index (χ0) is 13.2. The van der Waals surface area contributed by atoms with Crippen LogP contribution in [0, 0.1) is 5.21 Å². The minimum absolute atomic E-state index is 0.224. The molecule has 0 aliphatic carbocycles. The molecule has 0 radical (unpaired) electrons. The van der Waals surface area contributed by atoms with E-state index in [2.05, 4.69) is 5.32 Å². The van der Waals surface area contributed by atoms with Crippen molar-refractivity contribution >= 4 is 28.9 Å². The largest absolute Gasteiger partial charge is 0.627 e. The fourth-order valence-electron chi connectivity index (χ4n) is 2.03. The number of ether oxygens (including phenoxy) is 1. The third-order valence-corrected chi connectivity index (χ3v) is 3.14. The van der Waals surface area contributed by atoms with Crippen LogP contribution in [0.1, 0.15) is 6.92 Å². The standard InChI is InChI=1S/C12H15ClN2O3/c1-9(16)14-11-8-10(13)2-3-12(11)15(17)4-6-18-7-5-15/h2-3,8H,4-7H2,1H3,(H,14,16). The van der Waals surface area contributed by atoms with E-state index in [-0.39, 0.29) is 5.91 Å². The van der Waals surface area contributed by atoms with E-state index in [0.717, 1.165) is 0 Å². The Kier molecular flexibility index (Phi) is 3.87. The summed E-state index contributed by atoms with van der Waals surface area (Å²) in [5.74, 6) is -0.224. The normalized spacial score (nSPS) is 18.4. The molecule has 0 spiro atoms. The second kappa shape index (κ2) is 5.24. The Hall–Kier alpha value is -1.14. The Morgan fingerprint density at radius 1 is 1.44 bits per heavy atom. The molecule has 0 aromatic heterocycles. The quantitative estimate of drug-likeness (QED) is 0.661. The first-order valence-electron chi connectivity index (χ1n) is 5.75. The molecule has 1 fully saturated rings. The second-order valence-electron chi connectivity index (χ2n) is 4.29. The number of benzene rings is 1. The maximum atomic E-state index is 12.7. The zero-order valence-corrected chi connectivity index (χ0v) is 10.9. The topological polar surface area (TPSA) is 61.4 Å². The van der Waals surface area contributed by atoms with Gasteiger partial charge in [0.05, 0.1) is 13.2 Å². The summed E-state index contributed by atoms with van der Waals surface area (Å²) in [6, 6.07) is 4.94. The van der Waals surface area contributed by atoms with Crippen molar-refractivity contribution in [2.24, 2.45) is 0 Å². The molecule has 0 bridgehead atoms. The van der Waals surface area contributed by atoms with Crippen LogP contribution in [0.5, 0.6) is 0 Å². The minimum Gasteiger partial charge on any atom is -0.627 e. The van der Waals surface area contributed by atoms with Crippen molar-refractivity contribution in [3.05, 3.63) is 28.4 Å². The van der Waals surface area contributed by atoms with Gasteiger partial charge in [0, 0.05) is 18.0 Å². The van der Waals surface area contributed by atoms with E-state index in [9.17, 15) is 10.0 Å². The molecule has 1 saturated heterocycles. The van der Waals surface area contributed by atoms with Gasteiger partial charge in [0.1, 0.15) is 18.8 Å². The number of carbonyl (C=O) groups excluding carboxylic acids is 1. The summed E-state index contributed by atoms with van der Waals surface area (Å²) in [7, 11) is 0. The molecule has 1 aromatic carbocycles. The molecule has 5 nitrogen and oxygen atoms in total. The number of anilines is 1. The van der Waals surface area contributed by atoms with E-state index in [1.807, 2.05) is 0 Å². The van der Waals surface area contributed by atoms with Gasteiger partial charge in [0.25, 0.3) is 0 Å². The molecular weight excluding hydrogens is 256 g/mol. The van der Waals surface area contributed by atoms with Crippen molar-refractivity contribution in [2.45, 2.75) is 6.92 Å². The van der Waals surface area contributed by atoms with Crippen LogP contribution >= 0.6 is 11.6 Å². The van der Waals surface area contributed by atoms with Gasteiger partial charge in [-0.2, -0.15) is 0 Å². The summed E-state index contributed by atoms with van der Waals surface area (Å²) in [4.78, 5) is 11.2. The molecule has 98 valence electrons. The van der Waals surface area contributed by atoms with Crippen LogP contribution in [0.2, 0.25) is 5.02 Å². The monoisotopic (exact) mass is 270 g/mol. The molecule has 1 amide bonds. The van der Waals surface area contributed by atoms with Gasteiger partial charge in [-0.25, -0.2) is 0 Å². The zero-order valence-electron chi connectivity index (χ0n) is 10.1. The highest BCUT2D eigenvalue weighted by Crippen LogP contribution is 2.34. The third-order valence-electron chi connectivity index (χ3n) is 2.90. The summed E-state index contributed by atoms with van der Waals surface area (Å²) < 4.78 is 4.71. The van der Waals surface area contributed by atoms with Crippen molar-refractivity contribution < 1.29 is 9.53 Å². The number of carbonyl (C=O) groups is 1. The number of nitrogens with zero attached hydrogens (tertiary/aromatic N) is 1. The first kappa shape index (κ1) is 13.3. The Labute approximate surface area is 110 Å². The van der Waals surface area contributed by atoms with Gasteiger partial charge >= 0.3 is 0 Å². The minimum atomic E-state index is -0.493. The molecule has 0 atom stereocenters. The molecule has 6 heteroatoms.